The molecule has 0 bridgehead atoms. The van der Waals surface area contributed by atoms with Crippen LogP contribution in [0, 0.1) is 0 Å². The fourth-order valence-corrected chi connectivity index (χ4v) is 4.09. The molecule has 28 heavy (non-hydrogen) atoms. The van der Waals surface area contributed by atoms with Crippen LogP contribution in [0.1, 0.15) is 18.4 Å². The number of aliphatic imine (C=N–C) groups is 1. The van der Waals surface area contributed by atoms with Gasteiger partial charge >= 0.3 is 0 Å². The van der Waals surface area contributed by atoms with Crippen molar-refractivity contribution in [1.82, 2.24) is 20.2 Å². The molecular formula is C20H26BrIN6. The molecule has 1 N–H and O–H groups in total. The maximum absolute atomic E-state index is 4.52. The van der Waals surface area contributed by atoms with E-state index in [9.17, 15) is 0 Å². The summed E-state index contributed by atoms with van der Waals surface area (Å²) in [6.07, 6.45) is 6.05. The standard InChI is InChI=1S/C20H25BrN6.HI/c1-22-18(25-15-20(6-7-20)16-4-2-5-17(21)14-16)26-10-12-27(13-11-26)19-23-8-3-9-24-19;/h2-5,8-9,14H,6-7,10-13,15H2,1H3,(H,22,25);1H. The summed E-state index contributed by atoms with van der Waals surface area (Å²) in [6.45, 7) is 4.57. The van der Waals surface area contributed by atoms with Gasteiger partial charge in [-0.25, -0.2) is 9.97 Å². The molecule has 1 aromatic heterocycles. The lowest BCUT2D eigenvalue weighted by molar-refractivity contribution is 0.368. The van der Waals surface area contributed by atoms with Gasteiger partial charge in [-0.2, -0.15) is 0 Å². The van der Waals surface area contributed by atoms with Crippen LogP contribution < -0.4 is 10.2 Å². The minimum absolute atomic E-state index is 0. The maximum atomic E-state index is 4.52. The van der Waals surface area contributed by atoms with Gasteiger partial charge in [0, 0.05) is 62.1 Å². The molecule has 2 aliphatic rings. The van der Waals surface area contributed by atoms with Crippen molar-refractivity contribution in [2.24, 2.45) is 4.99 Å². The number of aromatic nitrogens is 2. The summed E-state index contributed by atoms with van der Waals surface area (Å²) in [5.41, 5.74) is 1.66. The van der Waals surface area contributed by atoms with E-state index in [2.05, 4.69) is 70.3 Å². The number of rotatable bonds is 4. The number of guanidine groups is 1. The quantitative estimate of drug-likeness (QED) is 0.356. The largest absolute Gasteiger partial charge is 0.355 e. The van der Waals surface area contributed by atoms with Gasteiger partial charge in [0.1, 0.15) is 0 Å². The molecule has 2 fully saturated rings. The number of piperazine rings is 1. The van der Waals surface area contributed by atoms with Gasteiger partial charge in [0.15, 0.2) is 5.96 Å². The summed E-state index contributed by atoms with van der Waals surface area (Å²) in [6, 6.07) is 10.5. The highest BCUT2D eigenvalue weighted by molar-refractivity contribution is 14.0. The third-order valence-electron chi connectivity index (χ3n) is 5.50. The normalized spacial score (nSPS) is 18.4. The van der Waals surface area contributed by atoms with Gasteiger partial charge in [-0.3, -0.25) is 4.99 Å². The van der Waals surface area contributed by atoms with Gasteiger partial charge in [-0.15, -0.1) is 24.0 Å². The Morgan fingerprint density at radius 1 is 1.14 bits per heavy atom. The van der Waals surface area contributed by atoms with E-state index in [0.717, 1.165) is 49.1 Å². The van der Waals surface area contributed by atoms with E-state index in [0.29, 0.717) is 0 Å². The predicted molar refractivity (Wildman–Crippen MR) is 128 cm³/mol. The Labute approximate surface area is 192 Å². The van der Waals surface area contributed by atoms with Crippen molar-refractivity contribution in [3.8, 4) is 0 Å². The first-order valence-electron chi connectivity index (χ1n) is 9.44. The first kappa shape index (κ1) is 21.3. The monoisotopic (exact) mass is 556 g/mol. The molecule has 1 aliphatic heterocycles. The molecule has 8 heteroatoms. The molecule has 1 saturated heterocycles. The molecule has 0 radical (unpaired) electrons. The molecule has 6 nitrogen and oxygen atoms in total. The van der Waals surface area contributed by atoms with Crippen LogP contribution >= 0.6 is 39.9 Å². The number of halogens is 2. The van der Waals surface area contributed by atoms with E-state index in [4.69, 9.17) is 0 Å². The second-order valence-corrected chi connectivity index (χ2v) is 8.13. The lowest BCUT2D eigenvalue weighted by Crippen LogP contribution is -2.53. The number of benzene rings is 1. The van der Waals surface area contributed by atoms with E-state index in [-0.39, 0.29) is 29.4 Å². The second-order valence-electron chi connectivity index (χ2n) is 7.21. The summed E-state index contributed by atoms with van der Waals surface area (Å²) in [4.78, 5) is 17.8. The fourth-order valence-electron chi connectivity index (χ4n) is 3.69. The highest BCUT2D eigenvalue weighted by Gasteiger charge is 2.44. The fraction of sp³-hybridized carbons (Fsp3) is 0.450. The van der Waals surface area contributed by atoms with E-state index < -0.39 is 0 Å². The molecule has 0 atom stereocenters. The van der Waals surface area contributed by atoms with Crippen LogP contribution in [0.15, 0.2) is 52.2 Å². The minimum atomic E-state index is 0. The van der Waals surface area contributed by atoms with Crippen LogP contribution in [0.4, 0.5) is 5.95 Å². The molecule has 0 spiro atoms. The predicted octanol–water partition coefficient (Wildman–Crippen LogP) is 3.29. The van der Waals surface area contributed by atoms with Crippen molar-refractivity contribution in [3.05, 3.63) is 52.8 Å². The van der Waals surface area contributed by atoms with Crippen molar-refractivity contribution in [2.45, 2.75) is 18.3 Å². The van der Waals surface area contributed by atoms with Gasteiger partial charge in [-0.05, 0) is 36.6 Å². The first-order chi connectivity index (χ1) is 13.2. The summed E-state index contributed by atoms with van der Waals surface area (Å²) in [5, 5.41) is 3.63. The van der Waals surface area contributed by atoms with Crippen LogP contribution in [0.2, 0.25) is 0 Å². The molecule has 150 valence electrons. The van der Waals surface area contributed by atoms with Crippen molar-refractivity contribution in [2.75, 3.05) is 44.7 Å². The summed E-state index contributed by atoms with van der Waals surface area (Å²) in [7, 11) is 1.87. The summed E-state index contributed by atoms with van der Waals surface area (Å²) < 4.78 is 1.15. The Morgan fingerprint density at radius 3 is 2.46 bits per heavy atom. The average molecular weight is 557 g/mol. The zero-order valence-corrected chi connectivity index (χ0v) is 19.9. The topological polar surface area (TPSA) is 56.7 Å². The Morgan fingerprint density at radius 2 is 1.86 bits per heavy atom. The highest BCUT2D eigenvalue weighted by Crippen LogP contribution is 2.48. The van der Waals surface area contributed by atoms with Crippen LogP contribution in [0.5, 0.6) is 0 Å². The van der Waals surface area contributed by atoms with Gasteiger partial charge in [-0.1, -0.05) is 28.1 Å². The number of hydrogen-bond donors (Lipinski definition) is 1. The number of hydrogen-bond acceptors (Lipinski definition) is 4. The van der Waals surface area contributed by atoms with Gasteiger partial charge < -0.3 is 15.1 Å². The maximum Gasteiger partial charge on any atom is 0.225 e. The Hall–Kier alpha value is -1.42. The zero-order chi connectivity index (χ0) is 18.7. The Balaban J connectivity index is 0.00000225. The van der Waals surface area contributed by atoms with Crippen molar-refractivity contribution in [3.63, 3.8) is 0 Å². The molecule has 1 aliphatic carbocycles. The van der Waals surface area contributed by atoms with Gasteiger partial charge in [0.25, 0.3) is 0 Å². The average Bonchev–Trinajstić information content (AvgIpc) is 3.51. The lowest BCUT2D eigenvalue weighted by Gasteiger charge is -2.36. The molecule has 1 saturated carbocycles. The van der Waals surface area contributed by atoms with Crippen LogP contribution in [-0.2, 0) is 5.41 Å². The van der Waals surface area contributed by atoms with Gasteiger partial charge in [0.05, 0.1) is 0 Å². The SMILES string of the molecule is CN=C(NCC1(c2cccc(Br)c2)CC1)N1CCN(c2ncccn2)CC1.I. The Bertz CT molecular complexity index is 803. The van der Waals surface area contributed by atoms with E-state index >= 15 is 0 Å². The number of anilines is 1. The van der Waals surface area contributed by atoms with Gasteiger partial charge in [0.2, 0.25) is 5.95 Å². The molecule has 4 rings (SSSR count). The zero-order valence-electron chi connectivity index (χ0n) is 16.0. The highest BCUT2D eigenvalue weighted by atomic mass is 127. The first-order valence-corrected chi connectivity index (χ1v) is 10.2. The van der Waals surface area contributed by atoms with E-state index in [1.54, 1.807) is 12.4 Å². The third kappa shape index (κ3) is 4.76. The molecule has 1 aromatic carbocycles. The lowest BCUT2D eigenvalue weighted by atomic mass is 9.96. The minimum Gasteiger partial charge on any atom is -0.355 e. The summed E-state index contributed by atoms with van der Waals surface area (Å²) in [5.74, 6) is 1.80. The van der Waals surface area contributed by atoms with Crippen LogP contribution in [0.25, 0.3) is 0 Å². The van der Waals surface area contributed by atoms with Crippen molar-refractivity contribution >= 4 is 51.8 Å². The molecule has 2 aromatic rings. The molecule has 2 heterocycles. The van der Waals surface area contributed by atoms with Crippen molar-refractivity contribution in [1.29, 1.82) is 0 Å². The van der Waals surface area contributed by atoms with E-state index in [1.165, 1.54) is 18.4 Å². The second kappa shape index (κ2) is 9.39. The Kier molecular flexibility index (Phi) is 7.14. The molecule has 0 unspecified atom stereocenters. The molecular weight excluding hydrogens is 531 g/mol. The van der Waals surface area contributed by atoms with Crippen LogP contribution in [-0.4, -0.2) is 60.6 Å². The smallest absolute Gasteiger partial charge is 0.225 e. The summed E-state index contributed by atoms with van der Waals surface area (Å²) >= 11 is 3.60. The van der Waals surface area contributed by atoms with Crippen LogP contribution in [0.3, 0.4) is 0 Å². The number of nitrogens with one attached hydrogen (secondary N) is 1. The third-order valence-corrected chi connectivity index (χ3v) is 5.99. The van der Waals surface area contributed by atoms with Crippen molar-refractivity contribution < 1.29 is 0 Å². The van der Waals surface area contributed by atoms with E-state index in [1.807, 2.05) is 13.1 Å². The number of nitrogens with zero attached hydrogens (tertiary/aromatic N) is 5. The molecule has 0 amide bonds.